The first-order valence-corrected chi connectivity index (χ1v) is 9.57. The second-order valence-electron chi connectivity index (χ2n) is 3.44. The van der Waals surface area contributed by atoms with Gasteiger partial charge in [-0.2, -0.15) is 0 Å². The monoisotopic (exact) mass is 336 g/mol. The van der Waals surface area contributed by atoms with E-state index in [-0.39, 0.29) is 71.4 Å². The van der Waals surface area contributed by atoms with Crippen LogP contribution in [0.15, 0.2) is 30.3 Å². The average Bonchev–Trinajstić information content (AvgIpc) is 2.29. The van der Waals surface area contributed by atoms with Gasteiger partial charge < -0.3 is 9.79 Å². The quantitative estimate of drug-likeness (QED) is 0.369. The molecule has 0 fully saturated rings. The standard InChI is InChI=1S/C10H13O4P3.2Na/c11-16(12)8-6-15(7-9-17(13)14)10-4-2-1-3-5-10;;/h1-5H,6-9H2;;/q;2*+1. The summed E-state index contributed by atoms with van der Waals surface area (Å²) in [6.07, 6.45) is 1.35. The fourth-order valence-electron chi connectivity index (χ4n) is 1.41. The van der Waals surface area contributed by atoms with Crippen LogP contribution in [0.5, 0.6) is 0 Å². The minimum Gasteiger partial charge on any atom is -0.596 e. The Hall–Kier alpha value is 1.77. The Morgan fingerprint density at radius 1 is 0.895 bits per heavy atom. The van der Waals surface area contributed by atoms with E-state index in [4.69, 9.17) is 0 Å². The van der Waals surface area contributed by atoms with Crippen LogP contribution in [0.1, 0.15) is 0 Å². The van der Waals surface area contributed by atoms with Crippen LogP contribution in [0.4, 0.5) is 0 Å². The molecule has 0 aromatic heterocycles. The largest absolute Gasteiger partial charge is 1.00 e. The van der Waals surface area contributed by atoms with Crippen molar-refractivity contribution in [1.29, 1.82) is 0 Å². The summed E-state index contributed by atoms with van der Waals surface area (Å²) in [4.78, 5) is 21.2. The molecule has 0 saturated heterocycles. The van der Waals surface area contributed by atoms with Crippen LogP contribution >= 0.6 is 24.0 Å². The van der Waals surface area contributed by atoms with Crippen molar-refractivity contribution >= 4 is 29.3 Å². The van der Waals surface area contributed by atoms with Gasteiger partial charge in [0.25, 0.3) is 0 Å². The summed E-state index contributed by atoms with van der Waals surface area (Å²) < 4.78 is 21.2. The maximum Gasteiger partial charge on any atom is 1.00 e. The Kier molecular flexibility index (Phi) is 16.3. The summed E-state index contributed by atoms with van der Waals surface area (Å²) in [5.41, 5.74) is 0. The molecule has 2 unspecified atom stereocenters. The molecule has 2 atom stereocenters. The van der Waals surface area contributed by atoms with E-state index in [1.165, 1.54) is 0 Å². The van der Waals surface area contributed by atoms with Crippen molar-refractivity contribution in [2.75, 3.05) is 24.6 Å². The van der Waals surface area contributed by atoms with Crippen LogP contribution in [0, 0.1) is 0 Å². The SMILES string of the molecule is O=[P+]([O-])CCP(CC[P+](=O)[O-])c1ccccc1.[Na+].[Na+]. The van der Waals surface area contributed by atoms with Gasteiger partial charge in [-0.05, 0) is 5.30 Å². The Balaban J connectivity index is 0. The number of hydrogen-bond donors (Lipinski definition) is 0. The predicted octanol–water partition coefficient (Wildman–Crippen LogP) is -4.99. The minimum absolute atomic E-state index is 0. The zero-order valence-electron chi connectivity index (χ0n) is 11.2. The Bertz CT molecular complexity index is 374. The van der Waals surface area contributed by atoms with Crippen molar-refractivity contribution in [3.05, 3.63) is 30.3 Å². The number of rotatable bonds is 7. The first kappa shape index (κ1) is 23.0. The van der Waals surface area contributed by atoms with E-state index in [2.05, 4.69) is 0 Å². The summed E-state index contributed by atoms with van der Waals surface area (Å²) >= 11 is 0. The van der Waals surface area contributed by atoms with Gasteiger partial charge in [0, 0.05) is 12.3 Å². The van der Waals surface area contributed by atoms with Crippen LogP contribution in [-0.4, -0.2) is 24.6 Å². The third kappa shape index (κ3) is 11.0. The van der Waals surface area contributed by atoms with E-state index >= 15 is 0 Å². The Morgan fingerprint density at radius 3 is 1.68 bits per heavy atom. The number of hydrogen-bond acceptors (Lipinski definition) is 4. The molecule has 0 N–H and O–H groups in total. The summed E-state index contributed by atoms with van der Waals surface area (Å²) in [7, 11) is -5.46. The molecule has 0 heterocycles. The van der Waals surface area contributed by atoms with Gasteiger partial charge in [0.05, 0.1) is 0 Å². The van der Waals surface area contributed by atoms with Crippen LogP contribution < -0.4 is 74.2 Å². The summed E-state index contributed by atoms with van der Waals surface area (Å²) in [5.74, 6) is 0. The molecule has 0 radical (unpaired) electrons. The molecule has 0 bridgehead atoms. The topological polar surface area (TPSA) is 80.3 Å². The van der Waals surface area contributed by atoms with Gasteiger partial charge in [-0.25, -0.2) is 0 Å². The molecule has 92 valence electrons. The third-order valence-corrected chi connectivity index (χ3v) is 6.66. The van der Waals surface area contributed by atoms with Crippen molar-refractivity contribution in [1.82, 2.24) is 0 Å². The normalized spacial score (nSPS) is 12.7. The minimum atomic E-state index is -2.38. The molecule has 19 heavy (non-hydrogen) atoms. The zero-order valence-corrected chi connectivity index (χ0v) is 17.9. The van der Waals surface area contributed by atoms with Crippen LogP contribution in [-0.2, 0) is 9.13 Å². The van der Waals surface area contributed by atoms with E-state index in [0.717, 1.165) is 5.30 Å². The van der Waals surface area contributed by atoms with Crippen molar-refractivity contribution in [3.8, 4) is 0 Å². The third-order valence-electron chi connectivity index (χ3n) is 2.23. The van der Waals surface area contributed by atoms with Gasteiger partial charge in [-0.1, -0.05) is 47.4 Å². The molecule has 0 aliphatic heterocycles. The summed E-state index contributed by atoms with van der Waals surface area (Å²) in [5, 5.41) is 1.07. The molecular weight excluding hydrogens is 323 g/mol. The van der Waals surface area contributed by atoms with E-state index in [0.29, 0.717) is 12.3 Å². The molecule has 1 aromatic carbocycles. The fraction of sp³-hybridized carbons (Fsp3) is 0.400. The Labute approximate surface area is 160 Å². The van der Waals surface area contributed by atoms with Crippen molar-refractivity contribution in [2.24, 2.45) is 0 Å². The maximum atomic E-state index is 10.6. The molecule has 0 saturated carbocycles. The van der Waals surface area contributed by atoms with E-state index in [1.807, 2.05) is 30.3 Å². The van der Waals surface area contributed by atoms with Crippen molar-refractivity contribution in [2.45, 2.75) is 0 Å². The summed E-state index contributed by atoms with van der Waals surface area (Å²) in [6, 6.07) is 9.53. The van der Waals surface area contributed by atoms with Crippen molar-refractivity contribution in [3.63, 3.8) is 0 Å². The van der Waals surface area contributed by atoms with Crippen molar-refractivity contribution < 1.29 is 78.0 Å². The molecule has 0 aliphatic rings. The maximum absolute atomic E-state index is 10.6. The molecular formula is C10H13Na2O4P3+2. The van der Waals surface area contributed by atoms with Crippen LogP contribution in [0.25, 0.3) is 0 Å². The fourth-order valence-corrected chi connectivity index (χ4v) is 5.99. The number of benzene rings is 1. The second-order valence-corrected chi connectivity index (χ2v) is 8.15. The van der Waals surface area contributed by atoms with Gasteiger partial charge in [0.15, 0.2) is 0 Å². The zero-order chi connectivity index (χ0) is 12.7. The molecule has 1 rings (SSSR count). The molecule has 1 aromatic rings. The van der Waals surface area contributed by atoms with Crippen LogP contribution in [0.3, 0.4) is 0 Å². The van der Waals surface area contributed by atoms with E-state index in [1.54, 1.807) is 0 Å². The smallest absolute Gasteiger partial charge is 0.596 e. The van der Waals surface area contributed by atoms with Gasteiger partial charge in [0.1, 0.15) is 12.3 Å². The van der Waals surface area contributed by atoms with Gasteiger partial charge >= 0.3 is 75.2 Å². The summed E-state index contributed by atoms with van der Waals surface area (Å²) in [6.45, 7) is 0. The Morgan fingerprint density at radius 2 is 1.32 bits per heavy atom. The molecule has 0 spiro atoms. The second kappa shape index (κ2) is 13.4. The van der Waals surface area contributed by atoms with E-state index < -0.39 is 24.0 Å². The first-order valence-electron chi connectivity index (χ1n) is 5.13. The first-order chi connectivity index (χ1) is 8.09. The van der Waals surface area contributed by atoms with E-state index in [9.17, 15) is 18.9 Å². The van der Waals surface area contributed by atoms with Gasteiger partial charge in [-0.3, -0.25) is 0 Å². The average molecular weight is 336 g/mol. The van der Waals surface area contributed by atoms with Gasteiger partial charge in [0.2, 0.25) is 0 Å². The molecule has 9 heteroatoms. The molecule has 0 amide bonds. The van der Waals surface area contributed by atoms with Crippen LogP contribution in [0.2, 0.25) is 0 Å². The predicted molar refractivity (Wildman–Crippen MR) is 67.7 cm³/mol. The molecule has 0 aliphatic carbocycles. The molecule has 4 nitrogen and oxygen atoms in total. The van der Waals surface area contributed by atoms with Gasteiger partial charge in [-0.15, -0.1) is 0 Å².